The zero-order valence-corrected chi connectivity index (χ0v) is 15.5. The van der Waals surface area contributed by atoms with Crippen LogP contribution in [0.2, 0.25) is 0 Å². The van der Waals surface area contributed by atoms with Crippen molar-refractivity contribution >= 4 is 34.9 Å². The first-order valence-electron chi connectivity index (χ1n) is 8.58. The van der Waals surface area contributed by atoms with Crippen LogP contribution in [-0.2, 0) is 14.3 Å². The number of nitrogens with zero attached hydrogens (tertiary/aromatic N) is 2. The number of carbonyl (C=O) groups is 3. The van der Waals surface area contributed by atoms with E-state index in [0.29, 0.717) is 22.4 Å². The number of benzene rings is 2. The number of carbonyl (C=O) groups excluding carboxylic acids is 3. The van der Waals surface area contributed by atoms with E-state index in [1.165, 1.54) is 23.1 Å². The summed E-state index contributed by atoms with van der Waals surface area (Å²) in [6.07, 6.45) is 0. The number of ether oxygens (including phenoxy) is 1. The van der Waals surface area contributed by atoms with Gasteiger partial charge in [-0.15, -0.1) is 0 Å². The molecule has 29 heavy (non-hydrogen) atoms. The number of aryl methyl sites for hydroxylation is 1. The Morgan fingerprint density at radius 2 is 1.90 bits per heavy atom. The highest BCUT2D eigenvalue weighted by molar-refractivity contribution is 6.10. The van der Waals surface area contributed by atoms with Crippen LogP contribution in [-0.4, -0.2) is 40.8 Å². The van der Waals surface area contributed by atoms with Gasteiger partial charge in [-0.2, -0.15) is 0 Å². The lowest BCUT2D eigenvalue weighted by Gasteiger charge is -2.16. The molecule has 0 aliphatic carbocycles. The van der Waals surface area contributed by atoms with Crippen molar-refractivity contribution in [3.8, 4) is 0 Å². The van der Waals surface area contributed by atoms with Crippen LogP contribution in [0, 0.1) is 17.0 Å². The largest absolute Gasteiger partial charge is 0.454 e. The van der Waals surface area contributed by atoms with E-state index in [-0.39, 0.29) is 23.8 Å². The summed E-state index contributed by atoms with van der Waals surface area (Å²) in [5.41, 5.74) is 2.17. The van der Waals surface area contributed by atoms with Gasteiger partial charge in [0.25, 0.3) is 17.5 Å². The van der Waals surface area contributed by atoms with Gasteiger partial charge in [0.1, 0.15) is 6.54 Å². The molecule has 2 aromatic rings. The molecule has 9 heteroatoms. The number of hydrogen-bond donors (Lipinski definition) is 1. The van der Waals surface area contributed by atoms with E-state index in [0.717, 1.165) is 0 Å². The molecule has 2 aromatic carbocycles. The van der Waals surface area contributed by atoms with E-state index in [1.807, 2.05) is 0 Å². The Balaban J connectivity index is 1.56. The van der Waals surface area contributed by atoms with Crippen molar-refractivity contribution < 1.29 is 24.0 Å². The average molecular weight is 395 g/mol. The van der Waals surface area contributed by atoms with Gasteiger partial charge in [0, 0.05) is 29.0 Å². The van der Waals surface area contributed by atoms with Gasteiger partial charge in [-0.05, 0) is 18.6 Å². The molecule has 0 aromatic heterocycles. The van der Waals surface area contributed by atoms with E-state index in [4.69, 9.17) is 4.74 Å². The van der Waals surface area contributed by atoms with E-state index < -0.39 is 23.4 Å². The van der Waals surface area contributed by atoms with Crippen molar-refractivity contribution in [3.63, 3.8) is 0 Å². The SMILES string of the molecule is C=C1c2ccccc2C(=O)N1CC(=O)OCC(=O)Nc1cc([N+](=O)[O-])ccc1C. The Morgan fingerprint density at radius 1 is 1.21 bits per heavy atom. The summed E-state index contributed by atoms with van der Waals surface area (Å²) >= 11 is 0. The van der Waals surface area contributed by atoms with Crippen LogP contribution >= 0.6 is 0 Å². The zero-order valence-electron chi connectivity index (χ0n) is 15.5. The second kappa shape index (κ2) is 7.93. The molecule has 2 amide bonds. The maximum Gasteiger partial charge on any atom is 0.326 e. The molecule has 0 bridgehead atoms. The van der Waals surface area contributed by atoms with Crippen molar-refractivity contribution in [2.24, 2.45) is 0 Å². The molecular weight excluding hydrogens is 378 g/mol. The number of fused-ring (bicyclic) bond motifs is 1. The number of amides is 2. The fourth-order valence-corrected chi connectivity index (χ4v) is 2.87. The highest BCUT2D eigenvalue weighted by Crippen LogP contribution is 2.30. The summed E-state index contributed by atoms with van der Waals surface area (Å²) in [6, 6.07) is 10.9. The third kappa shape index (κ3) is 4.13. The topological polar surface area (TPSA) is 119 Å². The fourth-order valence-electron chi connectivity index (χ4n) is 2.87. The van der Waals surface area contributed by atoms with E-state index in [1.54, 1.807) is 31.2 Å². The van der Waals surface area contributed by atoms with Gasteiger partial charge in [-0.25, -0.2) is 0 Å². The third-order valence-corrected chi connectivity index (χ3v) is 4.40. The highest BCUT2D eigenvalue weighted by atomic mass is 16.6. The molecule has 0 saturated carbocycles. The van der Waals surface area contributed by atoms with Gasteiger partial charge in [0.2, 0.25) is 0 Å². The van der Waals surface area contributed by atoms with Gasteiger partial charge >= 0.3 is 5.97 Å². The molecule has 0 saturated heterocycles. The second-order valence-electron chi connectivity index (χ2n) is 6.35. The predicted molar refractivity (Wildman–Crippen MR) is 104 cm³/mol. The normalized spacial score (nSPS) is 12.5. The molecule has 0 atom stereocenters. The van der Waals surface area contributed by atoms with Gasteiger partial charge in [0.05, 0.1) is 10.6 Å². The lowest BCUT2D eigenvalue weighted by Crippen LogP contribution is -2.32. The van der Waals surface area contributed by atoms with Crippen LogP contribution in [0.5, 0.6) is 0 Å². The number of nitro benzene ring substituents is 1. The summed E-state index contributed by atoms with van der Waals surface area (Å²) in [4.78, 5) is 48.0. The van der Waals surface area contributed by atoms with Crippen molar-refractivity contribution in [1.82, 2.24) is 4.90 Å². The van der Waals surface area contributed by atoms with Gasteiger partial charge in [0.15, 0.2) is 6.61 Å². The van der Waals surface area contributed by atoms with Crippen molar-refractivity contribution in [3.05, 3.63) is 75.8 Å². The molecule has 0 radical (unpaired) electrons. The first-order valence-corrected chi connectivity index (χ1v) is 8.58. The number of nitrogens with one attached hydrogen (secondary N) is 1. The molecule has 1 aliphatic heterocycles. The smallest absolute Gasteiger partial charge is 0.326 e. The average Bonchev–Trinajstić information content (AvgIpc) is 2.93. The lowest BCUT2D eigenvalue weighted by atomic mass is 10.1. The number of rotatable bonds is 6. The van der Waals surface area contributed by atoms with E-state index in [2.05, 4.69) is 11.9 Å². The second-order valence-corrected chi connectivity index (χ2v) is 6.35. The van der Waals surface area contributed by atoms with Gasteiger partial charge < -0.3 is 10.1 Å². The van der Waals surface area contributed by atoms with Crippen molar-refractivity contribution in [2.75, 3.05) is 18.5 Å². The van der Waals surface area contributed by atoms with Gasteiger partial charge in [-0.3, -0.25) is 29.4 Å². The van der Waals surface area contributed by atoms with Crippen LogP contribution < -0.4 is 5.32 Å². The van der Waals surface area contributed by atoms with Crippen LogP contribution in [0.4, 0.5) is 11.4 Å². The van der Waals surface area contributed by atoms with Crippen LogP contribution in [0.1, 0.15) is 21.5 Å². The van der Waals surface area contributed by atoms with E-state index in [9.17, 15) is 24.5 Å². The minimum Gasteiger partial charge on any atom is -0.454 e. The lowest BCUT2D eigenvalue weighted by molar-refractivity contribution is -0.384. The minimum absolute atomic E-state index is 0.173. The number of hydrogen-bond acceptors (Lipinski definition) is 6. The Hall–Kier alpha value is -4.01. The standard InChI is InChI=1S/C20H17N3O6/c1-12-7-8-14(23(27)28)9-17(12)21-18(24)11-29-19(25)10-22-13(2)15-5-3-4-6-16(15)20(22)26/h3-9H,2,10-11H2,1H3,(H,21,24). The molecule has 0 fully saturated rings. The molecule has 3 rings (SSSR count). The summed E-state index contributed by atoms with van der Waals surface area (Å²) < 4.78 is 4.93. The Kier molecular flexibility index (Phi) is 5.40. The first-order chi connectivity index (χ1) is 13.8. The summed E-state index contributed by atoms with van der Waals surface area (Å²) in [6.45, 7) is 4.53. The molecular formula is C20H17N3O6. The molecule has 1 aliphatic rings. The number of nitro groups is 1. The number of non-ortho nitro benzene ring substituents is 1. The van der Waals surface area contributed by atoms with Crippen LogP contribution in [0.25, 0.3) is 5.70 Å². The molecule has 9 nitrogen and oxygen atoms in total. The maximum atomic E-state index is 12.4. The summed E-state index contributed by atoms with van der Waals surface area (Å²) in [5.74, 6) is -1.80. The minimum atomic E-state index is -0.779. The number of esters is 1. The monoisotopic (exact) mass is 395 g/mol. The molecule has 0 spiro atoms. The zero-order chi connectivity index (χ0) is 21.1. The molecule has 0 unspecified atom stereocenters. The quantitative estimate of drug-likeness (QED) is 0.456. The molecule has 148 valence electrons. The third-order valence-electron chi connectivity index (χ3n) is 4.40. The predicted octanol–water partition coefficient (Wildman–Crippen LogP) is 2.51. The van der Waals surface area contributed by atoms with Gasteiger partial charge in [-0.1, -0.05) is 30.8 Å². The maximum absolute atomic E-state index is 12.4. The highest BCUT2D eigenvalue weighted by Gasteiger charge is 2.32. The number of anilines is 1. The van der Waals surface area contributed by atoms with E-state index >= 15 is 0 Å². The summed E-state index contributed by atoms with van der Waals surface area (Å²) in [7, 11) is 0. The summed E-state index contributed by atoms with van der Waals surface area (Å²) in [5, 5.41) is 13.3. The molecule has 1 heterocycles. The van der Waals surface area contributed by atoms with Crippen molar-refractivity contribution in [2.45, 2.75) is 6.92 Å². The molecule has 1 N–H and O–H groups in total. The Morgan fingerprint density at radius 3 is 2.55 bits per heavy atom. The Labute approximate surface area is 165 Å². The van der Waals surface area contributed by atoms with Crippen LogP contribution in [0.3, 0.4) is 0 Å². The Bertz CT molecular complexity index is 1010. The van der Waals surface area contributed by atoms with Crippen molar-refractivity contribution in [1.29, 1.82) is 0 Å². The van der Waals surface area contributed by atoms with Crippen LogP contribution in [0.15, 0.2) is 49.0 Å². The first kappa shape index (κ1) is 19.7. The fraction of sp³-hybridized carbons (Fsp3) is 0.150.